The van der Waals surface area contributed by atoms with Crippen molar-refractivity contribution in [3.05, 3.63) is 11.1 Å². The van der Waals surface area contributed by atoms with E-state index in [0.29, 0.717) is 23.9 Å². The maximum Gasteiger partial charge on any atom is 0.146 e. The largest absolute Gasteiger partial charge is 0.298 e. The zero-order chi connectivity index (χ0) is 7.28. The molecule has 0 spiro atoms. The Labute approximate surface area is 54.6 Å². The van der Waals surface area contributed by atoms with Crippen molar-refractivity contribution in [2.75, 3.05) is 0 Å². The number of rotatable bonds is 3. The summed E-state index contributed by atoms with van der Waals surface area (Å²) >= 11 is 0. The summed E-state index contributed by atoms with van der Waals surface area (Å²) in [5.74, 6) is 0. The molecule has 0 aliphatic rings. The summed E-state index contributed by atoms with van der Waals surface area (Å²) in [6.07, 6.45) is 2.06. The fraction of sp³-hybridized carbons (Fsp3) is 0.429. The van der Waals surface area contributed by atoms with Gasteiger partial charge in [0.2, 0.25) is 0 Å². The van der Waals surface area contributed by atoms with Crippen LogP contribution in [0.15, 0.2) is 11.1 Å². The van der Waals surface area contributed by atoms with Crippen molar-refractivity contribution in [2.45, 2.75) is 20.3 Å². The monoisotopic (exact) mass is 126 g/mol. The molecule has 0 heterocycles. The topological polar surface area (TPSA) is 34.1 Å². The SMILES string of the molecule is CCC(C=O)=C(C)C=O. The molecule has 0 rings (SSSR count). The summed E-state index contributed by atoms with van der Waals surface area (Å²) in [5, 5.41) is 0. The van der Waals surface area contributed by atoms with Crippen molar-refractivity contribution in [1.29, 1.82) is 0 Å². The second-order valence-electron chi connectivity index (χ2n) is 1.80. The first-order chi connectivity index (χ1) is 4.26. The number of hydrogen-bond donors (Lipinski definition) is 0. The van der Waals surface area contributed by atoms with Gasteiger partial charge in [-0.3, -0.25) is 9.59 Å². The molecule has 0 unspecified atom stereocenters. The molecule has 0 radical (unpaired) electrons. The van der Waals surface area contributed by atoms with Gasteiger partial charge < -0.3 is 0 Å². The highest BCUT2D eigenvalue weighted by Gasteiger charge is 1.94. The molecule has 50 valence electrons. The van der Waals surface area contributed by atoms with E-state index in [2.05, 4.69) is 0 Å². The van der Waals surface area contributed by atoms with Crippen LogP contribution in [0.1, 0.15) is 20.3 Å². The third kappa shape index (κ3) is 2.22. The molecule has 0 aromatic heterocycles. The van der Waals surface area contributed by atoms with Crippen LogP contribution in [0.2, 0.25) is 0 Å². The lowest BCUT2D eigenvalue weighted by atomic mass is 10.1. The number of hydrogen-bond acceptors (Lipinski definition) is 2. The first kappa shape index (κ1) is 8.08. The van der Waals surface area contributed by atoms with Crippen LogP contribution in [0.4, 0.5) is 0 Å². The number of allylic oxidation sites excluding steroid dienone is 2. The Morgan fingerprint density at radius 2 is 1.89 bits per heavy atom. The predicted molar refractivity (Wildman–Crippen MR) is 35.1 cm³/mol. The zero-order valence-electron chi connectivity index (χ0n) is 5.68. The molecule has 9 heavy (non-hydrogen) atoms. The van der Waals surface area contributed by atoms with E-state index in [-0.39, 0.29) is 0 Å². The predicted octanol–water partition coefficient (Wildman–Crippen LogP) is 1.11. The van der Waals surface area contributed by atoms with Gasteiger partial charge in [0.05, 0.1) is 0 Å². The summed E-state index contributed by atoms with van der Waals surface area (Å²) < 4.78 is 0. The van der Waals surface area contributed by atoms with Crippen molar-refractivity contribution in [2.24, 2.45) is 0 Å². The first-order valence-corrected chi connectivity index (χ1v) is 2.86. The van der Waals surface area contributed by atoms with Gasteiger partial charge in [-0.05, 0) is 24.5 Å². The summed E-state index contributed by atoms with van der Waals surface area (Å²) in [6.45, 7) is 3.48. The van der Waals surface area contributed by atoms with Gasteiger partial charge in [-0.15, -0.1) is 0 Å². The molecule has 0 atom stereocenters. The third-order valence-corrected chi connectivity index (χ3v) is 1.21. The van der Waals surface area contributed by atoms with Gasteiger partial charge in [-0.25, -0.2) is 0 Å². The maximum atomic E-state index is 10.1. The minimum absolute atomic E-state index is 0.535. The number of carbonyl (C=O) groups is 2. The molecule has 0 aromatic rings. The number of aldehydes is 2. The zero-order valence-corrected chi connectivity index (χ0v) is 5.68. The Kier molecular flexibility index (Phi) is 3.60. The molecule has 0 saturated heterocycles. The molecular weight excluding hydrogens is 116 g/mol. The van der Waals surface area contributed by atoms with E-state index in [1.807, 2.05) is 6.92 Å². The summed E-state index contributed by atoms with van der Waals surface area (Å²) in [5.41, 5.74) is 1.12. The summed E-state index contributed by atoms with van der Waals surface area (Å²) in [6, 6.07) is 0. The summed E-state index contributed by atoms with van der Waals surface area (Å²) in [4.78, 5) is 20.2. The van der Waals surface area contributed by atoms with E-state index in [4.69, 9.17) is 0 Å². The van der Waals surface area contributed by atoms with Crippen LogP contribution >= 0.6 is 0 Å². The lowest BCUT2D eigenvalue weighted by Crippen LogP contribution is -1.88. The van der Waals surface area contributed by atoms with Gasteiger partial charge in [0, 0.05) is 0 Å². The van der Waals surface area contributed by atoms with E-state index >= 15 is 0 Å². The minimum atomic E-state index is 0.535. The fourth-order valence-electron chi connectivity index (χ4n) is 0.531. The average Bonchev–Trinajstić information content (AvgIpc) is 1.90. The highest BCUT2D eigenvalue weighted by molar-refractivity contribution is 5.85. The van der Waals surface area contributed by atoms with Crippen molar-refractivity contribution in [3.8, 4) is 0 Å². The molecule has 0 N–H and O–H groups in total. The van der Waals surface area contributed by atoms with Crippen LogP contribution in [0, 0.1) is 0 Å². The molecule has 2 heteroatoms. The maximum absolute atomic E-state index is 10.1. The van der Waals surface area contributed by atoms with Crippen LogP contribution in [-0.4, -0.2) is 12.6 Å². The smallest absolute Gasteiger partial charge is 0.146 e. The Morgan fingerprint density at radius 3 is 2.00 bits per heavy atom. The van der Waals surface area contributed by atoms with Crippen molar-refractivity contribution < 1.29 is 9.59 Å². The third-order valence-electron chi connectivity index (χ3n) is 1.21. The molecule has 0 saturated carbocycles. The molecule has 0 amide bonds. The molecule has 0 fully saturated rings. The van der Waals surface area contributed by atoms with Crippen LogP contribution in [0.25, 0.3) is 0 Å². The van der Waals surface area contributed by atoms with Crippen LogP contribution in [0.3, 0.4) is 0 Å². The van der Waals surface area contributed by atoms with E-state index in [1.165, 1.54) is 0 Å². The van der Waals surface area contributed by atoms with Crippen LogP contribution in [-0.2, 0) is 9.59 Å². The molecule has 2 nitrogen and oxygen atoms in total. The molecule has 0 aliphatic carbocycles. The van der Waals surface area contributed by atoms with Gasteiger partial charge in [-0.2, -0.15) is 0 Å². The molecule has 0 bridgehead atoms. The highest BCUT2D eigenvalue weighted by atomic mass is 16.1. The van der Waals surface area contributed by atoms with E-state index < -0.39 is 0 Å². The van der Waals surface area contributed by atoms with E-state index in [0.717, 1.165) is 6.29 Å². The minimum Gasteiger partial charge on any atom is -0.298 e. The van der Waals surface area contributed by atoms with E-state index in [9.17, 15) is 9.59 Å². The van der Waals surface area contributed by atoms with Gasteiger partial charge in [0.25, 0.3) is 0 Å². The van der Waals surface area contributed by atoms with Crippen LogP contribution < -0.4 is 0 Å². The Bertz CT molecular complexity index is 145. The van der Waals surface area contributed by atoms with Gasteiger partial charge >= 0.3 is 0 Å². The average molecular weight is 126 g/mol. The molecular formula is C7H10O2. The first-order valence-electron chi connectivity index (χ1n) is 2.86. The lowest BCUT2D eigenvalue weighted by molar-refractivity contribution is -0.107. The van der Waals surface area contributed by atoms with E-state index in [1.54, 1.807) is 6.92 Å². The van der Waals surface area contributed by atoms with Crippen LogP contribution in [0.5, 0.6) is 0 Å². The fourth-order valence-corrected chi connectivity index (χ4v) is 0.531. The van der Waals surface area contributed by atoms with Crippen molar-refractivity contribution in [1.82, 2.24) is 0 Å². The van der Waals surface area contributed by atoms with Crippen molar-refractivity contribution >= 4 is 12.6 Å². The molecule has 0 aromatic carbocycles. The lowest BCUT2D eigenvalue weighted by Gasteiger charge is -1.92. The number of carbonyl (C=O) groups excluding carboxylic acids is 2. The molecule has 0 aliphatic heterocycles. The van der Waals surface area contributed by atoms with Gasteiger partial charge in [-0.1, -0.05) is 6.92 Å². The summed E-state index contributed by atoms with van der Waals surface area (Å²) in [7, 11) is 0. The highest BCUT2D eigenvalue weighted by Crippen LogP contribution is 2.01. The van der Waals surface area contributed by atoms with Crippen molar-refractivity contribution in [3.63, 3.8) is 0 Å². The second kappa shape index (κ2) is 4.01. The normalized spacial score (nSPS) is 12.2. The quantitative estimate of drug-likeness (QED) is 0.419. The van der Waals surface area contributed by atoms with Gasteiger partial charge in [0.15, 0.2) is 0 Å². The van der Waals surface area contributed by atoms with Gasteiger partial charge in [0.1, 0.15) is 12.6 Å². The second-order valence-corrected chi connectivity index (χ2v) is 1.80. The Balaban J connectivity index is 4.36. The Morgan fingerprint density at radius 1 is 1.33 bits per heavy atom. The standard InChI is InChI=1S/C7H10O2/c1-3-7(5-9)6(2)4-8/h4-5H,3H2,1-2H3. The Hall–Kier alpha value is -0.920.